The second kappa shape index (κ2) is 4.56. The van der Waals surface area contributed by atoms with E-state index < -0.39 is 0 Å². The summed E-state index contributed by atoms with van der Waals surface area (Å²) in [4.78, 5) is 3.93. The van der Waals surface area contributed by atoms with Crippen molar-refractivity contribution in [1.82, 2.24) is 4.57 Å². The summed E-state index contributed by atoms with van der Waals surface area (Å²) < 4.78 is 7.92. The van der Waals surface area contributed by atoms with Crippen LogP contribution in [0, 0.1) is 6.92 Å². The molecular formula is C16H17N3O. The molecule has 2 aromatic heterocycles. The molecule has 0 amide bonds. The van der Waals surface area contributed by atoms with Gasteiger partial charge in [-0.05, 0) is 43.3 Å². The van der Waals surface area contributed by atoms with Gasteiger partial charge in [0.15, 0.2) is 11.6 Å². The molecule has 3 rings (SSSR count). The van der Waals surface area contributed by atoms with E-state index in [1.807, 2.05) is 12.1 Å². The molecule has 4 nitrogen and oxygen atoms in total. The van der Waals surface area contributed by atoms with Gasteiger partial charge in [0.2, 0.25) is 0 Å². The average molecular weight is 267 g/mol. The topological polar surface area (TPSA) is 56.4 Å². The quantitative estimate of drug-likeness (QED) is 0.573. The van der Waals surface area contributed by atoms with Crippen LogP contribution in [0.3, 0.4) is 0 Å². The number of rotatable bonds is 2. The first-order valence-corrected chi connectivity index (χ1v) is 6.49. The molecule has 0 radical (unpaired) electrons. The minimum Gasteiger partial charge on any atom is -0.453 e. The van der Waals surface area contributed by atoms with Gasteiger partial charge in [0.05, 0.1) is 0 Å². The fourth-order valence-corrected chi connectivity index (χ4v) is 2.38. The van der Waals surface area contributed by atoms with Crippen molar-refractivity contribution < 1.29 is 4.42 Å². The van der Waals surface area contributed by atoms with Gasteiger partial charge in [0.1, 0.15) is 5.76 Å². The van der Waals surface area contributed by atoms with Crippen LogP contribution in [0.2, 0.25) is 0 Å². The lowest BCUT2D eigenvalue weighted by Gasteiger charge is -2.01. The Bertz CT molecular complexity index is 808. The zero-order chi connectivity index (χ0) is 14.3. The Morgan fingerprint density at radius 2 is 2.00 bits per heavy atom. The normalized spacial score (nSPS) is 12.2. The van der Waals surface area contributed by atoms with Gasteiger partial charge >= 0.3 is 0 Å². The molecule has 0 aliphatic carbocycles. The molecule has 102 valence electrons. The largest absolute Gasteiger partial charge is 0.453 e. The zero-order valence-electron chi connectivity index (χ0n) is 11.8. The third-order valence-corrected chi connectivity index (χ3v) is 3.67. The first kappa shape index (κ1) is 12.5. The van der Waals surface area contributed by atoms with Crippen LogP contribution in [0.15, 0.2) is 45.8 Å². The SMILES string of the molecule is CN=C(N)c1ccc(-c2ccc3c(c2)cc(C)n3C)o1. The van der Waals surface area contributed by atoms with Gasteiger partial charge in [-0.25, -0.2) is 0 Å². The van der Waals surface area contributed by atoms with Crippen LogP contribution in [-0.4, -0.2) is 17.5 Å². The summed E-state index contributed by atoms with van der Waals surface area (Å²) in [5, 5.41) is 1.21. The Morgan fingerprint density at radius 3 is 2.75 bits per heavy atom. The van der Waals surface area contributed by atoms with Crippen molar-refractivity contribution in [3.05, 3.63) is 47.9 Å². The van der Waals surface area contributed by atoms with Gasteiger partial charge in [-0.15, -0.1) is 0 Å². The predicted octanol–water partition coefficient (Wildman–Crippen LogP) is 3.08. The van der Waals surface area contributed by atoms with E-state index in [-0.39, 0.29) is 0 Å². The monoisotopic (exact) mass is 267 g/mol. The second-order valence-corrected chi connectivity index (χ2v) is 4.89. The molecule has 0 atom stereocenters. The van der Waals surface area contributed by atoms with Crippen LogP contribution in [0.5, 0.6) is 0 Å². The molecule has 4 heteroatoms. The van der Waals surface area contributed by atoms with E-state index in [0.717, 1.165) is 11.3 Å². The van der Waals surface area contributed by atoms with Gasteiger partial charge in [-0.1, -0.05) is 0 Å². The number of nitrogens with zero attached hydrogens (tertiary/aromatic N) is 2. The Kier molecular flexibility index (Phi) is 2.86. The fourth-order valence-electron chi connectivity index (χ4n) is 2.38. The molecule has 0 saturated heterocycles. The maximum absolute atomic E-state index is 5.75. The molecule has 0 aliphatic heterocycles. The molecule has 2 N–H and O–H groups in total. The number of aromatic nitrogens is 1. The second-order valence-electron chi connectivity index (χ2n) is 4.89. The molecule has 3 aromatic rings. The molecular weight excluding hydrogens is 250 g/mol. The van der Waals surface area contributed by atoms with E-state index >= 15 is 0 Å². The van der Waals surface area contributed by atoms with Crippen LogP contribution in [0.25, 0.3) is 22.2 Å². The summed E-state index contributed by atoms with van der Waals surface area (Å²) in [5.41, 5.74) is 9.24. The molecule has 0 fully saturated rings. The van der Waals surface area contributed by atoms with Gasteiger partial charge in [-0.2, -0.15) is 0 Å². The molecule has 0 spiro atoms. The molecule has 0 bridgehead atoms. The Balaban J connectivity index is 2.08. The van der Waals surface area contributed by atoms with Gasteiger partial charge < -0.3 is 14.7 Å². The lowest BCUT2D eigenvalue weighted by Crippen LogP contribution is -2.11. The zero-order valence-corrected chi connectivity index (χ0v) is 11.8. The highest BCUT2D eigenvalue weighted by molar-refractivity contribution is 5.95. The van der Waals surface area contributed by atoms with Crippen LogP contribution in [0.1, 0.15) is 11.5 Å². The number of aliphatic imine (C=N–C) groups is 1. The number of benzene rings is 1. The number of amidine groups is 1. The maximum Gasteiger partial charge on any atom is 0.169 e. The third-order valence-electron chi connectivity index (χ3n) is 3.67. The van der Waals surface area contributed by atoms with Crippen molar-refractivity contribution in [2.45, 2.75) is 6.92 Å². The van der Waals surface area contributed by atoms with Crippen molar-refractivity contribution in [2.24, 2.45) is 17.8 Å². The van der Waals surface area contributed by atoms with Crippen molar-refractivity contribution >= 4 is 16.7 Å². The van der Waals surface area contributed by atoms with Gasteiger partial charge in [-0.3, -0.25) is 4.99 Å². The number of hydrogen-bond acceptors (Lipinski definition) is 2. The van der Waals surface area contributed by atoms with Crippen molar-refractivity contribution in [3.8, 4) is 11.3 Å². The molecule has 1 aromatic carbocycles. The van der Waals surface area contributed by atoms with E-state index in [9.17, 15) is 0 Å². The summed E-state index contributed by atoms with van der Waals surface area (Å²) in [6.45, 7) is 2.10. The number of nitrogens with two attached hydrogens (primary N) is 1. The van der Waals surface area contributed by atoms with Crippen molar-refractivity contribution in [1.29, 1.82) is 0 Å². The minimum absolute atomic E-state index is 0.410. The number of fused-ring (bicyclic) bond motifs is 1. The van der Waals surface area contributed by atoms with E-state index in [0.29, 0.717) is 11.6 Å². The summed E-state index contributed by atoms with van der Waals surface area (Å²) >= 11 is 0. The summed E-state index contributed by atoms with van der Waals surface area (Å²) in [6.07, 6.45) is 0. The summed E-state index contributed by atoms with van der Waals surface area (Å²) in [6, 6.07) is 12.2. The summed E-state index contributed by atoms with van der Waals surface area (Å²) in [7, 11) is 3.72. The molecule has 2 heterocycles. The van der Waals surface area contributed by atoms with Crippen molar-refractivity contribution in [3.63, 3.8) is 0 Å². The average Bonchev–Trinajstić information content (AvgIpc) is 3.04. The lowest BCUT2D eigenvalue weighted by atomic mass is 10.1. The third kappa shape index (κ3) is 1.90. The first-order valence-electron chi connectivity index (χ1n) is 6.49. The van der Waals surface area contributed by atoms with Crippen LogP contribution >= 0.6 is 0 Å². The first-order chi connectivity index (χ1) is 9.60. The van der Waals surface area contributed by atoms with E-state index in [1.165, 1.54) is 16.6 Å². The highest BCUT2D eigenvalue weighted by Gasteiger charge is 2.09. The molecule has 0 aliphatic rings. The highest BCUT2D eigenvalue weighted by atomic mass is 16.3. The Labute approximate surface area is 117 Å². The number of aryl methyl sites for hydroxylation is 2. The van der Waals surface area contributed by atoms with Gasteiger partial charge in [0, 0.05) is 36.3 Å². The van der Waals surface area contributed by atoms with Crippen LogP contribution in [0.4, 0.5) is 0 Å². The fraction of sp³-hybridized carbons (Fsp3) is 0.188. The molecule has 0 unspecified atom stereocenters. The van der Waals surface area contributed by atoms with E-state index in [4.69, 9.17) is 10.2 Å². The van der Waals surface area contributed by atoms with Crippen molar-refractivity contribution in [2.75, 3.05) is 7.05 Å². The Morgan fingerprint density at radius 1 is 1.20 bits per heavy atom. The molecule has 20 heavy (non-hydrogen) atoms. The minimum atomic E-state index is 0.410. The Hall–Kier alpha value is -2.49. The predicted molar refractivity (Wildman–Crippen MR) is 82.0 cm³/mol. The smallest absolute Gasteiger partial charge is 0.169 e. The lowest BCUT2D eigenvalue weighted by molar-refractivity contribution is 0.571. The highest BCUT2D eigenvalue weighted by Crippen LogP contribution is 2.27. The summed E-state index contributed by atoms with van der Waals surface area (Å²) in [5.74, 6) is 1.81. The van der Waals surface area contributed by atoms with Crippen LogP contribution < -0.4 is 5.73 Å². The maximum atomic E-state index is 5.75. The molecule has 0 saturated carbocycles. The van der Waals surface area contributed by atoms with Gasteiger partial charge in [0.25, 0.3) is 0 Å². The van der Waals surface area contributed by atoms with Crippen LogP contribution in [-0.2, 0) is 7.05 Å². The number of hydrogen-bond donors (Lipinski definition) is 1. The van der Waals surface area contributed by atoms with E-state index in [1.54, 1.807) is 7.05 Å². The van der Waals surface area contributed by atoms with E-state index in [2.05, 4.69) is 47.8 Å². The number of furan rings is 1. The standard InChI is InChI=1S/C16H17N3O/c1-10-8-12-9-11(4-5-13(12)19(10)3)14-6-7-15(20-14)16(17)18-2/h4-9H,1-3H3,(H2,17,18).